The monoisotopic (exact) mass is 433 g/mol. The fraction of sp³-hybridized carbons (Fsp3) is 0.294. The van der Waals surface area contributed by atoms with Gasteiger partial charge in [-0.2, -0.15) is 13.2 Å². The number of alkyl halides is 3. The van der Waals surface area contributed by atoms with E-state index in [0.29, 0.717) is 19.3 Å². The Hall–Kier alpha value is -1.38. The summed E-state index contributed by atoms with van der Waals surface area (Å²) in [7, 11) is -4.28. The molecule has 0 aliphatic heterocycles. The predicted octanol–water partition coefficient (Wildman–Crippen LogP) is 4.30. The number of fused-ring (bicyclic) bond motifs is 1. The minimum atomic E-state index is -4.76. The van der Waals surface area contributed by atoms with Gasteiger partial charge in [0.1, 0.15) is 0 Å². The highest BCUT2D eigenvalue weighted by molar-refractivity contribution is 9.10. The van der Waals surface area contributed by atoms with Crippen molar-refractivity contribution >= 4 is 26.0 Å². The molecule has 0 spiro atoms. The topological polar surface area (TPSA) is 46.2 Å². The SMILES string of the molecule is O=S(=O)(N[C@H]1CCc2ccccc2C1)c1ccc(Br)cc1C(F)(F)F. The molecule has 0 radical (unpaired) electrons. The molecule has 1 N–H and O–H groups in total. The van der Waals surface area contributed by atoms with Gasteiger partial charge in [0.15, 0.2) is 0 Å². The molecule has 1 aliphatic carbocycles. The van der Waals surface area contributed by atoms with Crippen LogP contribution in [0.4, 0.5) is 13.2 Å². The van der Waals surface area contributed by atoms with E-state index in [1.807, 2.05) is 24.3 Å². The number of sulfonamides is 1. The zero-order valence-electron chi connectivity index (χ0n) is 13.0. The van der Waals surface area contributed by atoms with Crippen molar-refractivity contribution < 1.29 is 21.6 Å². The third-order valence-corrected chi connectivity index (χ3v) is 6.28. The van der Waals surface area contributed by atoms with Crippen LogP contribution in [0, 0.1) is 0 Å². The number of benzene rings is 2. The van der Waals surface area contributed by atoms with Crippen molar-refractivity contribution in [2.75, 3.05) is 0 Å². The first-order valence-electron chi connectivity index (χ1n) is 7.63. The Kier molecular flexibility index (Phi) is 4.96. The zero-order chi connectivity index (χ0) is 18.2. The molecule has 0 heterocycles. The van der Waals surface area contributed by atoms with Crippen LogP contribution in [0.5, 0.6) is 0 Å². The fourth-order valence-corrected chi connectivity index (χ4v) is 4.88. The first kappa shape index (κ1) is 18.4. The van der Waals surface area contributed by atoms with E-state index in [2.05, 4.69) is 20.7 Å². The quantitative estimate of drug-likeness (QED) is 0.783. The average molecular weight is 434 g/mol. The number of hydrogen-bond donors (Lipinski definition) is 1. The summed E-state index contributed by atoms with van der Waals surface area (Å²) in [6.45, 7) is 0. The largest absolute Gasteiger partial charge is 0.417 e. The molecule has 0 saturated heterocycles. The third-order valence-electron chi connectivity index (χ3n) is 4.21. The van der Waals surface area contributed by atoms with E-state index in [9.17, 15) is 21.6 Å². The maximum Gasteiger partial charge on any atom is 0.417 e. The molecule has 2 aromatic rings. The minimum Gasteiger partial charge on any atom is -0.208 e. The normalized spacial score (nSPS) is 18.0. The summed E-state index contributed by atoms with van der Waals surface area (Å²) in [5.74, 6) is 0. The molecule has 0 saturated carbocycles. The summed E-state index contributed by atoms with van der Waals surface area (Å²) in [6, 6.07) is 10.3. The van der Waals surface area contributed by atoms with Crippen LogP contribution < -0.4 is 4.72 Å². The molecule has 0 amide bonds. The van der Waals surface area contributed by atoms with Crippen molar-refractivity contribution in [3.05, 3.63) is 63.6 Å². The molecule has 0 aromatic heterocycles. The molecule has 0 unspecified atom stereocenters. The molecule has 1 atom stereocenters. The van der Waals surface area contributed by atoms with Crippen LogP contribution in [-0.4, -0.2) is 14.5 Å². The van der Waals surface area contributed by atoms with E-state index >= 15 is 0 Å². The van der Waals surface area contributed by atoms with E-state index in [-0.39, 0.29) is 4.47 Å². The maximum absolute atomic E-state index is 13.2. The molecule has 25 heavy (non-hydrogen) atoms. The van der Waals surface area contributed by atoms with E-state index in [4.69, 9.17) is 0 Å². The van der Waals surface area contributed by atoms with Crippen molar-refractivity contribution in [2.45, 2.75) is 36.4 Å². The molecule has 2 aromatic carbocycles. The molecule has 8 heteroatoms. The first-order chi connectivity index (χ1) is 11.7. The summed E-state index contributed by atoms with van der Waals surface area (Å²) in [5.41, 5.74) is 0.997. The van der Waals surface area contributed by atoms with Crippen molar-refractivity contribution in [1.29, 1.82) is 0 Å². The lowest BCUT2D eigenvalue weighted by Crippen LogP contribution is -2.39. The summed E-state index contributed by atoms with van der Waals surface area (Å²) < 4.78 is 67.4. The molecular formula is C17H15BrF3NO2S. The van der Waals surface area contributed by atoms with Gasteiger partial charge in [0.25, 0.3) is 0 Å². The predicted molar refractivity (Wildman–Crippen MR) is 91.7 cm³/mol. The third kappa shape index (κ3) is 4.07. The summed E-state index contributed by atoms with van der Waals surface area (Å²) in [4.78, 5) is -0.748. The van der Waals surface area contributed by atoms with Gasteiger partial charge in [-0.25, -0.2) is 13.1 Å². The average Bonchev–Trinajstić information content (AvgIpc) is 2.53. The Morgan fingerprint density at radius 1 is 1.08 bits per heavy atom. The van der Waals surface area contributed by atoms with Gasteiger partial charge in [-0.15, -0.1) is 0 Å². The summed E-state index contributed by atoms with van der Waals surface area (Å²) in [6.07, 6.45) is -3.05. The lowest BCUT2D eigenvalue weighted by molar-refractivity contribution is -0.139. The Labute approximate surface area is 152 Å². The van der Waals surface area contributed by atoms with E-state index < -0.39 is 32.7 Å². The molecule has 1 aliphatic rings. The van der Waals surface area contributed by atoms with E-state index in [0.717, 1.165) is 23.3 Å². The van der Waals surface area contributed by atoms with Crippen molar-refractivity contribution in [2.24, 2.45) is 0 Å². The maximum atomic E-state index is 13.2. The first-order valence-corrected chi connectivity index (χ1v) is 9.90. The van der Waals surface area contributed by atoms with Crippen LogP contribution in [0.25, 0.3) is 0 Å². The highest BCUT2D eigenvalue weighted by Gasteiger charge is 2.38. The van der Waals surface area contributed by atoms with Gasteiger partial charge in [0, 0.05) is 10.5 Å². The second-order valence-electron chi connectivity index (χ2n) is 5.97. The van der Waals surface area contributed by atoms with Gasteiger partial charge >= 0.3 is 6.18 Å². The van der Waals surface area contributed by atoms with Gasteiger partial charge in [0.05, 0.1) is 10.5 Å². The van der Waals surface area contributed by atoms with Gasteiger partial charge in [-0.05, 0) is 48.6 Å². The van der Waals surface area contributed by atoms with Crippen molar-refractivity contribution in [3.8, 4) is 0 Å². The zero-order valence-corrected chi connectivity index (χ0v) is 15.4. The molecule has 134 valence electrons. The highest BCUT2D eigenvalue weighted by Crippen LogP contribution is 2.36. The molecular weight excluding hydrogens is 419 g/mol. The van der Waals surface area contributed by atoms with Crippen LogP contribution in [0.15, 0.2) is 51.8 Å². The molecule has 3 rings (SSSR count). The van der Waals surface area contributed by atoms with Gasteiger partial charge in [-0.1, -0.05) is 40.2 Å². The van der Waals surface area contributed by atoms with Gasteiger partial charge in [0.2, 0.25) is 10.0 Å². The number of halogens is 4. The molecule has 3 nitrogen and oxygen atoms in total. The number of rotatable bonds is 3. The second-order valence-corrected chi connectivity index (χ2v) is 8.57. The van der Waals surface area contributed by atoms with E-state index in [1.54, 1.807) is 0 Å². The van der Waals surface area contributed by atoms with Gasteiger partial charge in [-0.3, -0.25) is 0 Å². The number of nitrogens with one attached hydrogen (secondary N) is 1. The second kappa shape index (κ2) is 6.74. The van der Waals surface area contributed by atoms with Crippen LogP contribution in [0.3, 0.4) is 0 Å². The lowest BCUT2D eigenvalue weighted by Gasteiger charge is -2.26. The Morgan fingerprint density at radius 3 is 2.44 bits per heavy atom. The van der Waals surface area contributed by atoms with E-state index in [1.165, 1.54) is 6.07 Å². The number of aryl methyl sites for hydroxylation is 1. The fourth-order valence-electron chi connectivity index (χ4n) is 3.04. The lowest BCUT2D eigenvalue weighted by atomic mass is 9.89. The standard InChI is InChI=1S/C17H15BrF3NO2S/c18-13-6-8-16(15(10-13)17(19,20)21)25(23,24)22-14-7-5-11-3-1-2-4-12(11)9-14/h1-4,6,8,10,14,22H,5,7,9H2/t14-/m0/s1. The van der Waals surface area contributed by atoms with Gasteiger partial charge < -0.3 is 0 Å². The van der Waals surface area contributed by atoms with Crippen molar-refractivity contribution in [1.82, 2.24) is 4.72 Å². The Balaban J connectivity index is 1.89. The summed E-state index contributed by atoms with van der Waals surface area (Å²) in [5, 5.41) is 0. The minimum absolute atomic E-state index is 0.172. The molecule has 0 fully saturated rings. The number of hydrogen-bond acceptors (Lipinski definition) is 2. The molecule has 0 bridgehead atoms. The van der Waals surface area contributed by atoms with Crippen molar-refractivity contribution in [3.63, 3.8) is 0 Å². The Morgan fingerprint density at radius 2 is 1.76 bits per heavy atom. The Bertz CT molecular complexity index is 897. The van der Waals surface area contributed by atoms with Crippen LogP contribution >= 0.6 is 15.9 Å². The van der Waals surface area contributed by atoms with Crippen LogP contribution in [0.2, 0.25) is 0 Å². The van der Waals surface area contributed by atoms with Crippen LogP contribution in [-0.2, 0) is 29.0 Å². The highest BCUT2D eigenvalue weighted by atomic mass is 79.9. The van der Waals surface area contributed by atoms with Crippen LogP contribution in [0.1, 0.15) is 23.1 Å². The summed E-state index contributed by atoms with van der Waals surface area (Å²) >= 11 is 2.96. The smallest absolute Gasteiger partial charge is 0.208 e.